The first-order valence-electron chi connectivity index (χ1n) is 9.75. The van der Waals surface area contributed by atoms with Crippen LogP contribution in [0.1, 0.15) is 36.9 Å². The summed E-state index contributed by atoms with van der Waals surface area (Å²) in [4.78, 5) is 37.2. The van der Waals surface area contributed by atoms with Crippen LogP contribution in [0.4, 0.5) is 19.1 Å². The second kappa shape index (κ2) is 10.2. The summed E-state index contributed by atoms with van der Waals surface area (Å²) in [6.07, 6.45) is -0.0243. The van der Waals surface area contributed by atoms with Crippen molar-refractivity contribution in [3.63, 3.8) is 0 Å². The van der Waals surface area contributed by atoms with Gasteiger partial charge in [0.15, 0.2) is 0 Å². The fraction of sp³-hybridized carbons (Fsp3) is 0.400. The number of aromatic nitrogens is 2. The Labute approximate surface area is 176 Å². The van der Waals surface area contributed by atoms with E-state index in [-0.39, 0.29) is 12.5 Å². The van der Waals surface area contributed by atoms with Gasteiger partial charge >= 0.3 is 6.18 Å². The standard InChI is InChI=1S/C20H22F3N5O3/c21-20(22,23)16-10-11-24-19(25-16)27-26-18(30)17(15-8-4-5-9-15)28(13-29)31-12-14-6-2-1-3-7-14/h1-3,6-7,10-11,13,15,17H,4-5,8-9,12H2,(H,26,30)(H,24,25,27). The van der Waals surface area contributed by atoms with E-state index in [4.69, 9.17) is 4.84 Å². The predicted molar refractivity (Wildman–Crippen MR) is 104 cm³/mol. The minimum absolute atomic E-state index is 0.0836. The molecule has 0 radical (unpaired) electrons. The summed E-state index contributed by atoms with van der Waals surface area (Å²) in [7, 11) is 0. The number of hydrazine groups is 1. The van der Waals surface area contributed by atoms with Crippen molar-refractivity contribution in [2.75, 3.05) is 5.43 Å². The molecule has 2 aromatic rings. The maximum atomic E-state index is 12.9. The van der Waals surface area contributed by atoms with Crippen LogP contribution in [0.25, 0.3) is 0 Å². The molecule has 2 amide bonds. The molecule has 1 aromatic carbocycles. The second-order valence-corrected chi connectivity index (χ2v) is 7.09. The Balaban J connectivity index is 1.69. The molecule has 11 heteroatoms. The van der Waals surface area contributed by atoms with Crippen LogP contribution >= 0.6 is 0 Å². The SMILES string of the molecule is O=CN(OCc1ccccc1)C(C(=O)NNc1nccc(C(F)(F)F)n1)C1CCCC1. The van der Waals surface area contributed by atoms with Gasteiger partial charge in [0.25, 0.3) is 5.91 Å². The van der Waals surface area contributed by atoms with Gasteiger partial charge in [0.2, 0.25) is 12.4 Å². The van der Waals surface area contributed by atoms with E-state index in [2.05, 4.69) is 20.8 Å². The van der Waals surface area contributed by atoms with E-state index in [1.54, 1.807) is 0 Å². The van der Waals surface area contributed by atoms with E-state index in [0.717, 1.165) is 48.6 Å². The molecule has 1 fully saturated rings. The first-order chi connectivity index (χ1) is 14.9. The molecule has 3 rings (SSSR count). The highest BCUT2D eigenvalue weighted by molar-refractivity contribution is 5.84. The van der Waals surface area contributed by atoms with Gasteiger partial charge in [-0.25, -0.2) is 15.0 Å². The zero-order valence-corrected chi connectivity index (χ0v) is 16.5. The van der Waals surface area contributed by atoms with Crippen molar-refractivity contribution in [3.05, 3.63) is 53.9 Å². The molecule has 8 nitrogen and oxygen atoms in total. The Morgan fingerprint density at radius 1 is 1.23 bits per heavy atom. The summed E-state index contributed by atoms with van der Waals surface area (Å²) in [6, 6.07) is 8.90. The van der Waals surface area contributed by atoms with Gasteiger partial charge in [0, 0.05) is 6.20 Å². The maximum absolute atomic E-state index is 12.9. The van der Waals surface area contributed by atoms with Gasteiger partial charge < -0.3 is 0 Å². The zero-order chi connectivity index (χ0) is 22.3. The Morgan fingerprint density at radius 3 is 2.58 bits per heavy atom. The summed E-state index contributed by atoms with van der Waals surface area (Å²) < 4.78 is 38.4. The van der Waals surface area contributed by atoms with Crippen LogP contribution in [0.5, 0.6) is 0 Å². The Bertz CT molecular complexity index is 876. The maximum Gasteiger partial charge on any atom is 0.433 e. The molecule has 0 spiro atoms. The summed E-state index contributed by atoms with van der Waals surface area (Å²) in [5.41, 5.74) is 4.27. The molecule has 1 unspecified atom stereocenters. The van der Waals surface area contributed by atoms with Gasteiger partial charge in [-0.05, 0) is 30.4 Å². The van der Waals surface area contributed by atoms with Crippen molar-refractivity contribution in [2.24, 2.45) is 5.92 Å². The number of carbonyl (C=O) groups is 2. The average molecular weight is 437 g/mol. The summed E-state index contributed by atoms with van der Waals surface area (Å²) >= 11 is 0. The minimum atomic E-state index is -4.64. The molecule has 166 valence electrons. The molecule has 31 heavy (non-hydrogen) atoms. The molecule has 1 aliphatic rings. The average Bonchev–Trinajstić information content (AvgIpc) is 3.29. The third-order valence-electron chi connectivity index (χ3n) is 4.96. The molecule has 2 N–H and O–H groups in total. The molecule has 1 aliphatic carbocycles. The predicted octanol–water partition coefficient (Wildman–Crippen LogP) is 3.09. The summed E-state index contributed by atoms with van der Waals surface area (Å²) in [6.45, 7) is 0.0836. The second-order valence-electron chi connectivity index (χ2n) is 7.09. The lowest BCUT2D eigenvalue weighted by atomic mass is 9.97. The summed E-state index contributed by atoms with van der Waals surface area (Å²) in [5, 5.41) is 0.965. The van der Waals surface area contributed by atoms with Crippen molar-refractivity contribution in [1.82, 2.24) is 20.5 Å². The van der Waals surface area contributed by atoms with Crippen molar-refractivity contribution in [3.8, 4) is 0 Å². The highest BCUT2D eigenvalue weighted by atomic mass is 19.4. The number of hydrogen-bond donors (Lipinski definition) is 2. The lowest BCUT2D eigenvalue weighted by Crippen LogP contribution is -2.51. The van der Waals surface area contributed by atoms with Crippen molar-refractivity contribution < 1.29 is 27.6 Å². The van der Waals surface area contributed by atoms with Gasteiger partial charge in [-0.3, -0.25) is 25.3 Å². The fourth-order valence-electron chi connectivity index (χ4n) is 3.48. The monoisotopic (exact) mass is 437 g/mol. The van der Waals surface area contributed by atoms with Gasteiger partial charge in [0.1, 0.15) is 18.3 Å². The first-order valence-corrected chi connectivity index (χ1v) is 9.75. The molecule has 1 saturated carbocycles. The minimum Gasteiger partial charge on any atom is -0.276 e. The third-order valence-corrected chi connectivity index (χ3v) is 4.96. The topological polar surface area (TPSA) is 96.5 Å². The number of halogens is 3. The van der Waals surface area contributed by atoms with Gasteiger partial charge in [-0.1, -0.05) is 43.2 Å². The van der Waals surface area contributed by atoms with Crippen LogP contribution in [0.2, 0.25) is 0 Å². The third kappa shape index (κ3) is 6.14. The molecule has 1 aromatic heterocycles. The van der Waals surface area contributed by atoms with Crippen molar-refractivity contribution in [2.45, 2.75) is 44.5 Å². The number of anilines is 1. The van der Waals surface area contributed by atoms with Crippen molar-refractivity contribution in [1.29, 1.82) is 0 Å². The lowest BCUT2D eigenvalue weighted by Gasteiger charge is -2.30. The van der Waals surface area contributed by atoms with Gasteiger partial charge in [-0.2, -0.15) is 13.2 Å². The van der Waals surface area contributed by atoms with Crippen LogP contribution in [0, 0.1) is 5.92 Å². The Kier molecular flexibility index (Phi) is 7.40. The van der Waals surface area contributed by atoms with E-state index < -0.39 is 29.8 Å². The number of nitrogens with one attached hydrogen (secondary N) is 2. The number of hydroxylamine groups is 2. The van der Waals surface area contributed by atoms with E-state index in [9.17, 15) is 22.8 Å². The number of amides is 2. The Hall–Kier alpha value is -3.21. The van der Waals surface area contributed by atoms with Gasteiger partial charge in [-0.15, -0.1) is 0 Å². The lowest BCUT2D eigenvalue weighted by molar-refractivity contribution is -0.200. The number of carbonyl (C=O) groups excluding carboxylic acids is 2. The normalized spacial score (nSPS) is 15.3. The van der Waals surface area contributed by atoms with Crippen molar-refractivity contribution >= 4 is 18.3 Å². The first kappa shape index (κ1) is 22.5. The van der Waals surface area contributed by atoms with E-state index in [0.29, 0.717) is 6.41 Å². The highest BCUT2D eigenvalue weighted by Gasteiger charge is 2.37. The number of alkyl halides is 3. The fourth-order valence-corrected chi connectivity index (χ4v) is 3.48. The molecule has 0 bridgehead atoms. The molecular weight excluding hydrogens is 415 g/mol. The zero-order valence-electron chi connectivity index (χ0n) is 16.5. The number of benzene rings is 1. The van der Waals surface area contributed by atoms with Crippen LogP contribution in [-0.2, 0) is 27.2 Å². The number of hydrogen-bond acceptors (Lipinski definition) is 6. The molecule has 0 aliphatic heterocycles. The Morgan fingerprint density at radius 2 is 1.94 bits per heavy atom. The highest BCUT2D eigenvalue weighted by Crippen LogP contribution is 2.31. The van der Waals surface area contributed by atoms with E-state index >= 15 is 0 Å². The summed E-state index contributed by atoms with van der Waals surface area (Å²) in [5.74, 6) is -1.20. The molecular formula is C20H22F3N5O3. The smallest absolute Gasteiger partial charge is 0.276 e. The van der Waals surface area contributed by atoms with Gasteiger partial charge in [0.05, 0.1) is 0 Å². The molecule has 1 atom stereocenters. The molecule has 1 heterocycles. The quantitative estimate of drug-likeness (QED) is 0.462. The van der Waals surface area contributed by atoms with Crippen LogP contribution < -0.4 is 10.9 Å². The van der Waals surface area contributed by atoms with Crippen LogP contribution in [0.3, 0.4) is 0 Å². The largest absolute Gasteiger partial charge is 0.433 e. The van der Waals surface area contributed by atoms with E-state index in [1.165, 1.54) is 0 Å². The van der Waals surface area contributed by atoms with E-state index in [1.807, 2.05) is 30.3 Å². The number of rotatable bonds is 9. The number of nitrogens with zero attached hydrogens (tertiary/aromatic N) is 3. The van der Waals surface area contributed by atoms with Crippen LogP contribution in [-0.4, -0.2) is 33.4 Å². The van der Waals surface area contributed by atoms with Crippen LogP contribution in [0.15, 0.2) is 42.6 Å². The molecule has 0 saturated heterocycles.